The maximum atomic E-state index is 14.1. The lowest BCUT2D eigenvalue weighted by Crippen LogP contribution is -2.59. The summed E-state index contributed by atoms with van der Waals surface area (Å²) in [7, 11) is 0. The van der Waals surface area contributed by atoms with Gasteiger partial charge in [0.2, 0.25) is 5.95 Å². The molecule has 0 unspecified atom stereocenters. The van der Waals surface area contributed by atoms with E-state index in [9.17, 15) is 8.78 Å². The van der Waals surface area contributed by atoms with Crippen molar-refractivity contribution in [2.75, 3.05) is 18.4 Å². The Bertz CT molecular complexity index is 768. The van der Waals surface area contributed by atoms with Crippen molar-refractivity contribution in [1.82, 2.24) is 14.9 Å². The van der Waals surface area contributed by atoms with Gasteiger partial charge in [-0.25, -0.2) is 18.7 Å². The molecule has 0 aliphatic carbocycles. The molecule has 2 bridgehead atoms. The average Bonchev–Trinajstić information content (AvgIpc) is 2.62. The molecule has 1 aromatic heterocycles. The van der Waals surface area contributed by atoms with Crippen molar-refractivity contribution in [3.8, 4) is 11.1 Å². The number of nitrogens with zero attached hydrogens (tertiary/aromatic N) is 3. The molecule has 4 nitrogen and oxygen atoms in total. The number of piperidine rings is 3. The number of rotatable bonds is 3. The van der Waals surface area contributed by atoms with E-state index in [1.54, 1.807) is 19.3 Å². The molecule has 6 heteroatoms. The van der Waals surface area contributed by atoms with Gasteiger partial charge in [0, 0.05) is 35.6 Å². The average molecular weight is 344 g/mol. The summed E-state index contributed by atoms with van der Waals surface area (Å²) in [4.78, 5) is 11.2. The van der Waals surface area contributed by atoms with Gasteiger partial charge >= 0.3 is 0 Å². The van der Waals surface area contributed by atoms with E-state index in [1.807, 2.05) is 0 Å². The van der Waals surface area contributed by atoms with Gasteiger partial charge in [-0.2, -0.15) is 0 Å². The number of halogens is 2. The predicted octanol–water partition coefficient (Wildman–Crippen LogP) is 3.62. The highest BCUT2D eigenvalue weighted by Gasteiger charge is 2.39. The first-order chi connectivity index (χ1) is 12.0. The van der Waals surface area contributed by atoms with Crippen LogP contribution in [0.5, 0.6) is 0 Å². The number of hydrogen-bond acceptors (Lipinski definition) is 4. The molecule has 3 fully saturated rings. The lowest BCUT2D eigenvalue weighted by Gasteiger charge is -2.49. The molecule has 3 aliphatic heterocycles. The van der Waals surface area contributed by atoms with Crippen LogP contribution in [0.15, 0.2) is 24.5 Å². The molecule has 3 aliphatic rings. The maximum Gasteiger partial charge on any atom is 0.222 e. The monoisotopic (exact) mass is 344 g/mol. The highest BCUT2D eigenvalue weighted by molar-refractivity contribution is 5.63. The molecule has 1 aromatic carbocycles. The SMILES string of the molecule is Cc1cc(F)c(-c2cnc(N[C@@H]3C4CCN(CC4)[C@@H]3C)nc2)cc1F. The number of nitrogens with one attached hydrogen (secondary N) is 1. The second-order valence-corrected chi connectivity index (χ2v) is 7.16. The first-order valence-corrected chi connectivity index (χ1v) is 8.81. The Labute approximate surface area is 146 Å². The summed E-state index contributed by atoms with van der Waals surface area (Å²) >= 11 is 0. The zero-order valence-electron chi connectivity index (χ0n) is 14.5. The molecule has 25 heavy (non-hydrogen) atoms. The Kier molecular flexibility index (Phi) is 4.15. The smallest absolute Gasteiger partial charge is 0.222 e. The van der Waals surface area contributed by atoms with Crippen LogP contribution < -0.4 is 5.32 Å². The van der Waals surface area contributed by atoms with Gasteiger partial charge in [-0.15, -0.1) is 0 Å². The van der Waals surface area contributed by atoms with Crippen LogP contribution in [0.3, 0.4) is 0 Å². The Balaban J connectivity index is 1.54. The van der Waals surface area contributed by atoms with Crippen molar-refractivity contribution in [2.45, 2.75) is 38.8 Å². The lowest BCUT2D eigenvalue weighted by atomic mass is 9.79. The first-order valence-electron chi connectivity index (χ1n) is 8.81. The largest absolute Gasteiger partial charge is 0.350 e. The zero-order valence-corrected chi connectivity index (χ0v) is 14.5. The third-order valence-corrected chi connectivity index (χ3v) is 5.68. The van der Waals surface area contributed by atoms with Crippen LogP contribution in [0.1, 0.15) is 25.3 Å². The molecular weight excluding hydrogens is 322 g/mol. The molecule has 2 aromatic rings. The Morgan fingerprint density at radius 2 is 1.76 bits per heavy atom. The quantitative estimate of drug-likeness (QED) is 0.923. The fourth-order valence-electron chi connectivity index (χ4n) is 4.10. The summed E-state index contributed by atoms with van der Waals surface area (Å²) < 4.78 is 27.8. The summed E-state index contributed by atoms with van der Waals surface area (Å²) in [5, 5.41) is 3.44. The minimum Gasteiger partial charge on any atom is -0.350 e. The van der Waals surface area contributed by atoms with Crippen LogP contribution in [0.25, 0.3) is 11.1 Å². The predicted molar refractivity (Wildman–Crippen MR) is 93.3 cm³/mol. The number of hydrogen-bond donors (Lipinski definition) is 1. The van der Waals surface area contributed by atoms with E-state index < -0.39 is 11.6 Å². The van der Waals surface area contributed by atoms with E-state index >= 15 is 0 Å². The number of aromatic nitrogens is 2. The first kappa shape index (κ1) is 16.4. The molecule has 0 amide bonds. The molecule has 132 valence electrons. The molecule has 3 saturated heterocycles. The van der Waals surface area contributed by atoms with Crippen LogP contribution >= 0.6 is 0 Å². The van der Waals surface area contributed by atoms with E-state index in [0.717, 1.165) is 0 Å². The molecule has 0 radical (unpaired) electrons. The number of fused-ring (bicyclic) bond motifs is 3. The third kappa shape index (κ3) is 2.99. The van der Waals surface area contributed by atoms with Crippen molar-refractivity contribution in [2.24, 2.45) is 5.92 Å². The van der Waals surface area contributed by atoms with Crippen LogP contribution in [0.2, 0.25) is 0 Å². The summed E-state index contributed by atoms with van der Waals surface area (Å²) in [6.45, 7) is 6.12. The van der Waals surface area contributed by atoms with Crippen molar-refractivity contribution < 1.29 is 8.78 Å². The van der Waals surface area contributed by atoms with Gasteiger partial charge < -0.3 is 5.32 Å². The summed E-state index contributed by atoms with van der Waals surface area (Å²) in [6.07, 6.45) is 5.50. The molecule has 5 rings (SSSR count). The van der Waals surface area contributed by atoms with Gasteiger partial charge in [0.15, 0.2) is 0 Å². The van der Waals surface area contributed by atoms with Crippen molar-refractivity contribution in [1.29, 1.82) is 0 Å². The lowest BCUT2D eigenvalue weighted by molar-refractivity contribution is 0.0455. The van der Waals surface area contributed by atoms with Gasteiger partial charge in [0.1, 0.15) is 11.6 Å². The van der Waals surface area contributed by atoms with Crippen molar-refractivity contribution in [3.05, 3.63) is 41.7 Å². The molecule has 1 N–H and O–H groups in total. The van der Waals surface area contributed by atoms with Gasteiger partial charge in [-0.1, -0.05) is 0 Å². The van der Waals surface area contributed by atoms with E-state index in [0.29, 0.717) is 29.5 Å². The highest BCUT2D eigenvalue weighted by atomic mass is 19.1. The van der Waals surface area contributed by atoms with Crippen LogP contribution in [-0.2, 0) is 0 Å². The van der Waals surface area contributed by atoms with Crippen LogP contribution in [0.4, 0.5) is 14.7 Å². The zero-order chi connectivity index (χ0) is 17.6. The third-order valence-electron chi connectivity index (χ3n) is 5.68. The van der Waals surface area contributed by atoms with Crippen LogP contribution in [-0.4, -0.2) is 40.0 Å². The van der Waals surface area contributed by atoms with Gasteiger partial charge in [0.25, 0.3) is 0 Å². The van der Waals surface area contributed by atoms with E-state index in [4.69, 9.17) is 0 Å². The minimum absolute atomic E-state index is 0.186. The second kappa shape index (κ2) is 6.33. The van der Waals surface area contributed by atoms with Gasteiger partial charge in [0.05, 0.1) is 0 Å². The molecule has 4 heterocycles. The van der Waals surface area contributed by atoms with Crippen molar-refractivity contribution in [3.63, 3.8) is 0 Å². The van der Waals surface area contributed by atoms with Crippen LogP contribution in [0, 0.1) is 24.5 Å². The second-order valence-electron chi connectivity index (χ2n) is 7.16. The van der Waals surface area contributed by atoms with Gasteiger partial charge in [-0.05, 0) is 63.4 Å². The minimum atomic E-state index is -0.464. The number of aryl methyl sites for hydroxylation is 1. The highest BCUT2D eigenvalue weighted by Crippen LogP contribution is 2.33. The molecule has 2 atom stereocenters. The van der Waals surface area contributed by atoms with E-state index in [-0.39, 0.29) is 11.1 Å². The topological polar surface area (TPSA) is 41.1 Å². The Morgan fingerprint density at radius 1 is 1.08 bits per heavy atom. The van der Waals surface area contributed by atoms with E-state index in [2.05, 4.69) is 27.1 Å². The standard InChI is InChI=1S/C19H22F2N4/c1-11-7-17(21)15(8-16(11)20)14-9-22-19(23-10-14)24-18-12(2)25-5-3-13(18)4-6-25/h7-10,12-13,18H,3-6H2,1-2H3,(H,22,23,24)/t12-,18+/m1/s1. The Morgan fingerprint density at radius 3 is 2.40 bits per heavy atom. The molecule has 0 spiro atoms. The molecule has 0 saturated carbocycles. The van der Waals surface area contributed by atoms with Crippen molar-refractivity contribution >= 4 is 5.95 Å². The fourth-order valence-corrected chi connectivity index (χ4v) is 4.10. The fraction of sp³-hybridized carbons (Fsp3) is 0.474. The summed E-state index contributed by atoms with van der Waals surface area (Å²) in [5.74, 6) is 0.295. The molecular formula is C19H22F2N4. The summed E-state index contributed by atoms with van der Waals surface area (Å²) in [5.41, 5.74) is 0.951. The summed E-state index contributed by atoms with van der Waals surface area (Å²) in [6, 6.07) is 3.19. The number of benzene rings is 1. The van der Waals surface area contributed by atoms with E-state index in [1.165, 1.54) is 38.1 Å². The van der Waals surface area contributed by atoms with Gasteiger partial charge in [-0.3, -0.25) is 4.90 Å². The number of anilines is 1. The maximum absolute atomic E-state index is 14.1. The normalized spacial score (nSPS) is 28.2. The Hall–Kier alpha value is -2.08.